The molecule has 28 heavy (non-hydrogen) atoms. The number of nitrogens with zero attached hydrogens (tertiary/aromatic N) is 3. The van der Waals surface area contributed by atoms with Gasteiger partial charge < -0.3 is 5.32 Å². The molecule has 1 fully saturated rings. The number of carbonyl (C=O) groups excluding carboxylic acids is 1. The summed E-state index contributed by atoms with van der Waals surface area (Å²) >= 11 is 12.2. The number of carbonyl (C=O) groups is 1. The van der Waals surface area contributed by atoms with E-state index < -0.39 is 18.0 Å². The van der Waals surface area contributed by atoms with E-state index in [1.807, 2.05) is 0 Å². The van der Waals surface area contributed by atoms with Crippen molar-refractivity contribution in [3.8, 4) is 11.1 Å². The molecule has 0 radical (unpaired) electrons. The lowest BCUT2D eigenvalue weighted by atomic mass is 10.1. The van der Waals surface area contributed by atoms with Crippen molar-refractivity contribution >= 4 is 40.9 Å². The van der Waals surface area contributed by atoms with Crippen LogP contribution in [0.15, 0.2) is 18.2 Å². The molecule has 0 bridgehead atoms. The number of amides is 1. The zero-order chi connectivity index (χ0) is 20.6. The maximum Gasteiger partial charge on any atom is 0.408 e. The van der Waals surface area contributed by atoms with Crippen LogP contribution in [0.5, 0.6) is 0 Å². The van der Waals surface area contributed by atoms with E-state index in [4.69, 9.17) is 23.2 Å². The van der Waals surface area contributed by atoms with Gasteiger partial charge in [-0.3, -0.25) is 15.2 Å². The average molecular weight is 438 g/mol. The normalized spacial score (nSPS) is 15.5. The Labute approximate surface area is 166 Å². The molecule has 0 spiro atoms. The highest BCUT2D eigenvalue weighted by molar-refractivity contribution is 6.36. The molecule has 1 aromatic carbocycles. The number of hydrogen-bond donors (Lipinski definition) is 2. The summed E-state index contributed by atoms with van der Waals surface area (Å²) in [6.45, 7) is 1.07. The molecule has 150 valence electrons. The van der Waals surface area contributed by atoms with Gasteiger partial charge in [-0.15, -0.1) is 0 Å². The average Bonchev–Trinajstić information content (AvgIpc) is 3.02. The first-order valence-corrected chi connectivity index (χ1v) is 8.75. The Morgan fingerprint density at radius 3 is 2.54 bits per heavy atom. The number of aromatic nitrogens is 2. The minimum absolute atomic E-state index is 0.0737. The third-order valence-corrected chi connectivity index (χ3v) is 4.56. The number of nitrogens with one attached hydrogen (secondary N) is 2. The van der Waals surface area contributed by atoms with Crippen LogP contribution in [-0.4, -0.2) is 34.6 Å². The number of anilines is 2. The Bertz CT molecular complexity index is 904. The van der Waals surface area contributed by atoms with E-state index in [0.29, 0.717) is 0 Å². The number of benzene rings is 1. The second-order valence-electron chi connectivity index (χ2n) is 5.98. The standard InChI is InChI=1S/C16H13Cl2F4N5O/c1-7(16(20,21)22)23-14-12(11-8(17)3-2-4-9(11)19)13(18)24-15(25-14)27-6-5-10(28)26-27/h2-4,7H,5-6H2,1H3,(H,26,28)(H,23,24,25). The van der Waals surface area contributed by atoms with E-state index in [2.05, 4.69) is 20.7 Å². The van der Waals surface area contributed by atoms with E-state index in [1.54, 1.807) is 0 Å². The molecule has 1 amide bonds. The van der Waals surface area contributed by atoms with Crippen molar-refractivity contribution in [3.05, 3.63) is 34.2 Å². The molecule has 1 aromatic heterocycles. The van der Waals surface area contributed by atoms with Gasteiger partial charge in [0.05, 0.1) is 17.1 Å². The third kappa shape index (κ3) is 4.07. The van der Waals surface area contributed by atoms with Gasteiger partial charge in [0.2, 0.25) is 11.9 Å². The lowest BCUT2D eigenvalue weighted by molar-refractivity contribution is -0.138. The number of hydrogen-bond acceptors (Lipinski definition) is 5. The van der Waals surface area contributed by atoms with Gasteiger partial charge in [-0.1, -0.05) is 29.3 Å². The first-order valence-electron chi connectivity index (χ1n) is 8.00. The quantitative estimate of drug-likeness (QED) is 0.554. The summed E-state index contributed by atoms with van der Waals surface area (Å²) in [5, 5.41) is 3.04. The predicted molar refractivity (Wildman–Crippen MR) is 96.7 cm³/mol. The van der Waals surface area contributed by atoms with Gasteiger partial charge in [0.25, 0.3) is 0 Å². The molecular weight excluding hydrogens is 425 g/mol. The van der Waals surface area contributed by atoms with Gasteiger partial charge in [0.15, 0.2) is 0 Å². The van der Waals surface area contributed by atoms with Crippen molar-refractivity contribution in [2.45, 2.75) is 25.6 Å². The van der Waals surface area contributed by atoms with Gasteiger partial charge in [-0.25, -0.2) is 4.39 Å². The van der Waals surface area contributed by atoms with Gasteiger partial charge >= 0.3 is 6.18 Å². The number of rotatable bonds is 4. The Morgan fingerprint density at radius 2 is 1.96 bits per heavy atom. The van der Waals surface area contributed by atoms with Crippen LogP contribution in [0.2, 0.25) is 10.2 Å². The molecule has 2 heterocycles. The molecule has 1 aliphatic rings. The second kappa shape index (κ2) is 7.59. The Kier molecular flexibility index (Phi) is 5.53. The fraction of sp³-hybridized carbons (Fsp3) is 0.312. The van der Waals surface area contributed by atoms with E-state index in [9.17, 15) is 22.4 Å². The fourth-order valence-corrected chi connectivity index (χ4v) is 3.04. The van der Waals surface area contributed by atoms with Gasteiger partial charge in [-0.05, 0) is 19.1 Å². The van der Waals surface area contributed by atoms with Crippen LogP contribution in [0, 0.1) is 5.82 Å². The first-order chi connectivity index (χ1) is 13.1. The summed E-state index contributed by atoms with van der Waals surface area (Å²) < 4.78 is 53.6. The Balaban J connectivity index is 2.16. The molecule has 2 aromatic rings. The number of halogens is 6. The summed E-state index contributed by atoms with van der Waals surface area (Å²) in [4.78, 5) is 19.4. The summed E-state index contributed by atoms with van der Waals surface area (Å²) in [5.74, 6) is -1.61. The lowest BCUT2D eigenvalue weighted by Gasteiger charge is -2.23. The van der Waals surface area contributed by atoms with Crippen LogP contribution >= 0.6 is 23.2 Å². The first kappa shape index (κ1) is 20.4. The maximum absolute atomic E-state index is 14.4. The summed E-state index contributed by atoms with van der Waals surface area (Å²) in [6, 6.07) is 1.77. The minimum atomic E-state index is -4.60. The highest BCUT2D eigenvalue weighted by atomic mass is 35.5. The topological polar surface area (TPSA) is 70.2 Å². The van der Waals surface area contributed by atoms with E-state index >= 15 is 0 Å². The highest BCUT2D eigenvalue weighted by Gasteiger charge is 2.37. The fourth-order valence-electron chi connectivity index (χ4n) is 2.52. The lowest BCUT2D eigenvalue weighted by Crippen LogP contribution is -2.36. The minimum Gasteiger partial charge on any atom is -0.358 e. The molecule has 0 aliphatic carbocycles. The molecule has 2 N–H and O–H groups in total. The van der Waals surface area contributed by atoms with E-state index in [-0.39, 0.29) is 51.9 Å². The van der Waals surface area contributed by atoms with Crippen LogP contribution in [0.3, 0.4) is 0 Å². The SMILES string of the molecule is CC(Nc1nc(N2CCC(=O)N2)nc(Cl)c1-c1c(F)cccc1Cl)C(F)(F)F. The molecule has 1 saturated heterocycles. The van der Waals surface area contributed by atoms with Crippen molar-refractivity contribution < 1.29 is 22.4 Å². The summed E-state index contributed by atoms with van der Waals surface area (Å²) in [7, 11) is 0. The molecular formula is C16H13Cl2F4N5O. The molecule has 0 saturated carbocycles. The number of hydrazine groups is 1. The molecule has 6 nitrogen and oxygen atoms in total. The van der Waals surface area contributed by atoms with Crippen molar-refractivity contribution in [2.75, 3.05) is 16.9 Å². The van der Waals surface area contributed by atoms with Crippen molar-refractivity contribution in [1.29, 1.82) is 0 Å². The van der Waals surface area contributed by atoms with Crippen molar-refractivity contribution in [1.82, 2.24) is 15.4 Å². The molecule has 1 unspecified atom stereocenters. The van der Waals surface area contributed by atoms with E-state index in [1.165, 1.54) is 17.1 Å². The van der Waals surface area contributed by atoms with Crippen LogP contribution in [0.25, 0.3) is 11.1 Å². The summed E-state index contributed by atoms with van der Waals surface area (Å²) in [6.07, 6.45) is -4.45. The number of alkyl halides is 3. The Morgan fingerprint density at radius 1 is 1.25 bits per heavy atom. The largest absolute Gasteiger partial charge is 0.408 e. The van der Waals surface area contributed by atoms with Crippen LogP contribution < -0.4 is 15.8 Å². The van der Waals surface area contributed by atoms with Crippen molar-refractivity contribution in [2.24, 2.45) is 0 Å². The monoisotopic (exact) mass is 437 g/mol. The highest BCUT2D eigenvalue weighted by Crippen LogP contribution is 2.40. The van der Waals surface area contributed by atoms with Crippen LogP contribution in [0.4, 0.5) is 29.3 Å². The van der Waals surface area contributed by atoms with Crippen LogP contribution in [0.1, 0.15) is 13.3 Å². The Hall–Kier alpha value is -2.33. The van der Waals surface area contributed by atoms with Gasteiger partial charge in [-0.2, -0.15) is 23.1 Å². The van der Waals surface area contributed by atoms with Crippen molar-refractivity contribution in [3.63, 3.8) is 0 Å². The predicted octanol–water partition coefficient (Wildman–Crippen LogP) is 4.19. The third-order valence-electron chi connectivity index (χ3n) is 3.97. The van der Waals surface area contributed by atoms with Gasteiger partial charge in [0.1, 0.15) is 22.8 Å². The summed E-state index contributed by atoms with van der Waals surface area (Å²) in [5.41, 5.74) is 2.00. The maximum atomic E-state index is 14.4. The molecule has 12 heteroatoms. The molecule has 1 atom stereocenters. The zero-order valence-corrected chi connectivity index (χ0v) is 15.8. The van der Waals surface area contributed by atoms with E-state index in [0.717, 1.165) is 13.0 Å². The molecule has 3 rings (SSSR count). The second-order valence-corrected chi connectivity index (χ2v) is 6.74. The van der Waals surface area contributed by atoms with Gasteiger partial charge in [0, 0.05) is 12.0 Å². The van der Waals surface area contributed by atoms with Crippen LogP contribution in [-0.2, 0) is 4.79 Å². The molecule has 1 aliphatic heterocycles. The smallest absolute Gasteiger partial charge is 0.358 e. The zero-order valence-electron chi connectivity index (χ0n) is 14.2.